The molecule has 11 heteroatoms. The Morgan fingerprint density at radius 1 is 1.05 bits per heavy atom. The van der Waals surface area contributed by atoms with E-state index in [1.807, 2.05) is 0 Å². The maximum Gasteiger partial charge on any atom is 0.333 e. The van der Waals surface area contributed by atoms with Crippen LogP contribution in [0.4, 0.5) is 0 Å². The molecule has 1 rings (SSSR count). The predicted molar refractivity (Wildman–Crippen MR) is 76.7 cm³/mol. The molecule has 0 heterocycles. The van der Waals surface area contributed by atoms with Crippen LogP contribution >= 0.6 is 11.6 Å². The minimum atomic E-state index is -4.29. The third kappa shape index (κ3) is 8.31. The van der Waals surface area contributed by atoms with Gasteiger partial charge in [0.1, 0.15) is 6.10 Å². The van der Waals surface area contributed by atoms with Gasteiger partial charge in [-0.25, -0.2) is 10.3 Å². The van der Waals surface area contributed by atoms with Gasteiger partial charge >= 0.3 is 20.6 Å². The predicted octanol–water partition coefficient (Wildman–Crippen LogP) is 0.165. The third-order valence-corrected chi connectivity index (χ3v) is 3.75. The van der Waals surface area contributed by atoms with E-state index < -0.39 is 38.7 Å². The summed E-state index contributed by atoms with van der Waals surface area (Å²) >= 11 is 6.13. The minimum Gasteiger partial charge on any atom is -0.255 e. The summed E-state index contributed by atoms with van der Waals surface area (Å²) in [6, 6.07) is 8.75. The summed E-state index contributed by atoms with van der Waals surface area (Å²) in [5, 5.41) is 8.81. The van der Waals surface area contributed by atoms with E-state index in [1.165, 1.54) is 0 Å². The fourth-order valence-electron chi connectivity index (χ4n) is 1.52. The molecule has 1 aromatic rings. The summed E-state index contributed by atoms with van der Waals surface area (Å²) in [5.74, 6) is 0. The first-order valence-electron chi connectivity index (χ1n) is 5.64. The zero-order valence-corrected chi connectivity index (χ0v) is 13.1. The molecule has 4 N–H and O–H groups in total. The van der Waals surface area contributed by atoms with E-state index in [0.29, 0.717) is 5.56 Å². The van der Waals surface area contributed by atoms with Crippen LogP contribution in [-0.4, -0.2) is 29.5 Å². The SMILES string of the molecule is NS(=O)(=O)OCC(CC(Cl)c1ccccc1)OS(N)(=O)=O. The molecule has 21 heavy (non-hydrogen) atoms. The normalized spacial score (nSPS) is 15.6. The van der Waals surface area contributed by atoms with Crippen LogP contribution in [0.15, 0.2) is 30.3 Å². The van der Waals surface area contributed by atoms with Gasteiger partial charge in [0.2, 0.25) is 0 Å². The van der Waals surface area contributed by atoms with Crippen LogP contribution < -0.4 is 10.3 Å². The second-order valence-electron chi connectivity index (χ2n) is 4.10. The van der Waals surface area contributed by atoms with Crippen LogP contribution in [0.25, 0.3) is 0 Å². The van der Waals surface area contributed by atoms with Crippen LogP contribution in [0.5, 0.6) is 0 Å². The molecule has 1 aromatic carbocycles. The maximum absolute atomic E-state index is 11.0. The second kappa shape index (κ2) is 7.49. The van der Waals surface area contributed by atoms with Gasteiger partial charge in [-0.15, -0.1) is 11.6 Å². The quantitative estimate of drug-likeness (QED) is 0.635. The summed E-state index contributed by atoms with van der Waals surface area (Å²) in [6.45, 7) is -0.620. The molecule has 0 aliphatic heterocycles. The van der Waals surface area contributed by atoms with Crippen LogP contribution in [0.3, 0.4) is 0 Å². The first kappa shape index (κ1) is 18.3. The van der Waals surface area contributed by atoms with Gasteiger partial charge in [-0.3, -0.25) is 8.37 Å². The van der Waals surface area contributed by atoms with Crippen molar-refractivity contribution in [3.05, 3.63) is 35.9 Å². The average molecular weight is 359 g/mol. The van der Waals surface area contributed by atoms with Gasteiger partial charge < -0.3 is 0 Å². The van der Waals surface area contributed by atoms with Crippen LogP contribution in [-0.2, 0) is 29.0 Å². The van der Waals surface area contributed by atoms with Crippen molar-refractivity contribution in [2.45, 2.75) is 17.9 Å². The van der Waals surface area contributed by atoms with Crippen molar-refractivity contribution < 1.29 is 25.2 Å². The van der Waals surface area contributed by atoms with E-state index in [4.69, 9.17) is 16.7 Å². The first-order valence-corrected chi connectivity index (χ1v) is 9.02. The van der Waals surface area contributed by atoms with Crippen molar-refractivity contribution in [2.75, 3.05) is 6.61 Å². The lowest BCUT2D eigenvalue weighted by Crippen LogP contribution is -2.31. The summed E-state index contributed by atoms with van der Waals surface area (Å²) in [7, 11) is -8.53. The fourth-order valence-corrected chi connectivity index (χ4v) is 2.72. The molecule has 0 fully saturated rings. The Morgan fingerprint density at radius 3 is 2.10 bits per heavy atom. The van der Waals surface area contributed by atoms with E-state index >= 15 is 0 Å². The van der Waals surface area contributed by atoms with Crippen molar-refractivity contribution in [2.24, 2.45) is 10.3 Å². The number of nitrogens with two attached hydrogens (primary N) is 2. The number of rotatable bonds is 8. The minimum absolute atomic E-state index is 0.0441. The Kier molecular flexibility index (Phi) is 6.53. The van der Waals surface area contributed by atoms with Gasteiger partial charge in [-0.2, -0.15) is 16.8 Å². The molecule has 2 unspecified atom stereocenters. The molecule has 2 atom stereocenters. The Labute approximate surface area is 128 Å². The van der Waals surface area contributed by atoms with Gasteiger partial charge in [0.15, 0.2) is 0 Å². The average Bonchev–Trinajstić information content (AvgIpc) is 2.34. The molecule has 120 valence electrons. The standard InChI is InChI=1S/C10H15ClN2O6S2/c11-10(8-4-2-1-3-5-8)6-9(19-21(13,16)17)7-18-20(12,14)15/h1-5,9-10H,6-7H2,(H2,12,14,15)(H2,13,16,17). The molecule has 0 amide bonds. The molecule has 0 radical (unpaired) electrons. The molecule has 0 aromatic heterocycles. The fraction of sp³-hybridized carbons (Fsp3) is 0.400. The van der Waals surface area contributed by atoms with E-state index in [9.17, 15) is 16.8 Å². The van der Waals surface area contributed by atoms with Crippen LogP contribution in [0.1, 0.15) is 17.4 Å². The number of hydrogen-bond donors (Lipinski definition) is 2. The Morgan fingerprint density at radius 2 is 1.62 bits per heavy atom. The van der Waals surface area contributed by atoms with E-state index in [0.717, 1.165) is 0 Å². The molecule has 8 nitrogen and oxygen atoms in total. The van der Waals surface area contributed by atoms with Gasteiger partial charge in [-0.1, -0.05) is 30.3 Å². The third-order valence-electron chi connectivity index (χ3n) is 2.32. The number of hydrogen-bond acceptors (Lipinski definition) is 6. The molecule has 0 saturated carbocycles. The second-order valence-corrected chi connectivity index (χ2v) is 7.03. The van der Waals surface area contributed by atoms with Crippen LogP contribution in [0.2, 0.25) is 0 Å². The smallest absolute Gasteiger partial charge is 0.255 e. The van der Waals surface area contributed by atoms with Gasteiger partial charge in [0.05, 0.1) is 12.0 Å². The highest BCUT2D eigenvalue weighted by Gasteiger charge is 2.23. The van der Waals surface area contributed by atoms with Crippen molar-refractivity contribution >= 4 is 32.2 Å². The highest BCUT2D eigenvalue weighted by molar-refractivity contribution is 7.84. The summed E-state index contributed by atoms with van der Waals surface area (Å²) in [6.07, 6.45) is -1.24. The van der Waals surface area contributed by atoms with E-state index in [1.54, 1.807) is 30.3 Å². The highest BCUT2D eigenvalue weighted by atomic mass is 35.5. The molecular formula is C10H15ClN2O6S2. The molecule has 0 aliphatic carbocycles. The lowest BCUT2D eigenvalue weighted by molar-refractivity contribution is 0.129. The largest absolute Gasteiger partial charge is 0.333 e. The topological polar surface area (TPSA) is 139 Å². The molecular weight excluding hydrogens is 344 g/mol. The van der Waals surface area contributed by atoms with E-state index in [2.05, 4.69) is 13.5 Å². The molecule has 0 aliphatic rings. The zero-order chi connectivity index (χ0) is 16.1. The monoisotopic (exact) mass is 358 g/mol. The maximum atomic E-state index is 11.0. The number of halogens is 1. The van der Waals surface area contributed by atoms with E-state index in [-0.39, 0.29) is 6.42 Å². The highest BCUT2D eigenvalue weighted by Crippen LogP contribution is 2.26. The van der Waals surface area contributed by atoms with Gasteiger partial charge in [-0.05, 0) is 12.0 Å². The Balaban J connectivity index is 2.76. The Bertz CT molecular complexity index is 649. The van der Waals surface area contributed by atoms with Crippen molar-refractivity contribution in [1.29, 1.82) is 0 Å². The number of alkyl halides is 1. The van der Waals surface area contributed by atoms with Crippen molar-refractivity contribution in [1.82, 2.24) is 0 Å². The lowest BCUT2D eigenvalue weighted by Gasteiger charge is -2.18. The molecule has 0 spiro atoms. The van der Waals surface area contributed by atoms with Gasteiger partial charge in [0, 0.05) is 0 Å². The zero-order valence-electron chi connectivity index (χ0n) is 10.8. The summed E-state index contributed by atoms with van der Waals surface area (Å²) < 4.78 is 52.3. The lowest BCUT2D eigenvalue weighted by atomic mass is 10.1. The Hall–Kier alpha value is -0.750. The molecule has 0 bridgehead atoms. The van der Waals surface area contributed by atoms with Crippen LogP contribution in [0, 0.1) is 0 Å². The summed E-state index contributed by atoms with van der Waals surface area (Å²) in [5.41, 5.74) is 0.706. The van der Waals surface area contributed by atoms with Crippen molar-refractivity contribution in [3.63, 3.8) is 0 Å². The number of benzene rings is 1. The van der Waals surface area contributed by atoms with Crippen molar-refractivity contribution in [3.8, 4) is 0 Å². The van der Waals surface area contributed by atoms with Gasteiger partial charge in [0.25, 0.3) is 0 Å². The summed E-state index contributed by atoms with van der Waals surface area (Å²) in [4.78, 5) is 0. The first-order chi connectivity index (χ1) is 9.57. The molecule has 0 saturated heterocycles.